The van der Waals surface area contributed by atoms with Crippen LogP contribution in [0.5, 0.6) is 0 Å². The topological polar surface area (TPSA) is 9.23 Å². The van der Waals surface area contributed by atoms with Gasteiger partial charge in [-0.25, -0.2) is 0 Å². The van der Waals surface area contributed by atoms with Gasteiger partial charge in [0.1, 0.15) is 0 Å². The summed E-state index contributed by atoms with van der Waals surface area (Å²) < 4.78 is 6.72. The van der Waals surface area contributed by atoms with Crippen LogP contribution in [0, 0.1) is 0 Å². The van der Waals surface area contributed by atoms with E-state index in [2.05, 4.69) is 121 Å². The Hall–Kier alpha value is -2.94. The molecule has 1 nitrogen and oxygen atoms in total. The Morgan fingerprint density at radius 2 is 0.857 bits per heavy atom. The standard InChI is InChI=1S/C26H24OSi/c1-5-13-22(14-6-1)26(23-15-7-2-8-16-23)21-27-28(24-17-9-3-10-18-24)25-19-11-4-12-20-25/h1-20,26,28H,21H2. The van der Waals surface area contributed by atoms with E-state index in [4.69, 9.17) is 4.43 Å². The van der Waals surface area contributed by atoms with Gasteiger partial charge < -0.3 is 4.43 Å². The zero-order valence-corrected chi connectivity index (χ0v) is 17.0. The van der Waals surface area contributed by atoms with Gasteiger partial charge in [0.05, 0.1) is 0 Å². The Morgan fingerprint density at radius 3 is 1.25 bits per heavy atom. The Balaban J connectivity index is 1.64. The average molecular weight is 381 g/mol. The van der Waals surface area contributed by atoms with E-state index in [1.807, 2.05) is 0 Å². The van der Waals surface area contributed by atoms with E-state index in [0.29, 0.717) is 6.61 Å². The third-order valence-electron chi connectivity index (χ3n) is 5.04. The van der Waals surface area contributed by atoms with Crippen molar-refractivity contribution in [1.82, 2.24) is 0 Å². The van der Waals surface area contributed by atoms with Gasteiger partial charge in [0.2, 0.25) is 9.04 Å². The molecule has 0 radical (unpaired) electrons. The maximum absolute atomic E-state index is 6.72. The summed E-state index contributed by atoms with van der Waals surface area (Å²) in [7, 11) is -1.75. The van der Waals surface area contributed by atoms with E-state index >= 15 is 0 Å². The first-order valence-electron chi connectivity index (χ1n) is 9.73. The van der Waals surface area contributed by atoms with Crippen LogP contribution in [0.3, 0.4) is 0 Å². The lowest BCUT2D eigenvalue weighted by Crippen LogP contribution is -2.45. The first kappa shape index (κ1) is 18.4. The third-order valence-corrected chi connectivity index (χ3v) is 7.54. The van der Waals surface area contributed by atoms with Gasteiger partial charge in [-0.05, 0) is 21.5 Å². The quantitative estimate of drug-likeness (QED) is 0.433. The minimum Gasteiger partial charge on any atom is -0.410 e. The van der Waals surface area contributed by atoms with E-state index in [-0.39, 0.29) is 5.92 Å². The van der Waals surface area contributed by atoms with Crippen molar-refractivity contribution in [2.45, 2.75) is 5.92 Å². The Kier molecular flexibility index (Phi) is 6.13. The normalized spacial score (nSPS) is 11.1. The molecule has 0 heterocycles. The van der Waals surface area contributed by atoms with Crippen molar-refractivity contribution >= 4 is 19.4 Å². The lowest BCUT2D eigenvalue weighted by atomic mass is 9.92. The smallest absolute Gasteiger partial charge is 0.239 e. The molecule has 0 atom stereocenters. The van der Waals surface area contributed by atoms with Crippen LogP contribution in [-0.4, -0.2) is 15.6 Å². The average Bonchev–Trinajstić information content (AvgIpc) is 2.79. The molecule has 138 valence electrons. The van der Waals surface area contributed by atoms with Crippen molar-refractivity contribution in [3.63, 3.8) is 0 Å². The monoisotopic (exact) mass is 380 g/mol. The van der Waals surface area contributed by atoms with Crippen LogP contribution in [0.1, 0.15) is 17.0 Å². The molecule has 0 unspecified atom stereocenters. The molecule has 4 rings (SSSR count). The van der Waals surface area contributed by atoms with Crippen LogP contribution in [-0.2, 0) is 4.43 Å². The molecule has 0 bridgehead atoms. The molecule has 4 aromatic rings. The summed E-state index contributed by atoms with van der Waals surface area (Å²) in [6.45, 7) is 0.675. The van der Waals surface area contributed by atoms with Crippen molar-refractivity contribution in [3.05, 3.63) is 132 Å². The summed E-state index contributed by atoms with van der Waals surface area (Å²) >= 11 is 0. The molecule has 0 saturated heterocycles. The van der Waals surface area contributed by atoms with Gasteiger partial charge in [0.25, 0.3) is 0 Å². The number of rotatable bonds is 7. The fourth-order valence-corrected chi connectivity index (χ4v) is 5.89. The highest BCUT2D eigenvalue weighted by molar-refractivity contribution is 6.80. The van der Waals surface area contributed by atoms with E-state index in [1.54, 1.807) is 0 Å². The molecule has 0 amide bonds. The van der Waals surface area contributed by atoms with Crippen molar-refractivity contribution in [3.8, 4) is 0 Å². The summed E-state index contributed by atoms with van der Waals surface area (Å²) in [4.78, 5) is 0. The van der Waals surface area contributed by atoms with Crippen molar-refractivity contribution < 1.29 is 4.43 Å². The van der Waals surface area contributed by atoms with E-state index < -0.39 is 9.04 Å². The molecule has 0 aliphatic heterocycles. The molecule has 0 aliphatic carbocycles. The van der Waals surface area contributed by atoms with Gasteiger partial charge in [-0.2, -0.15) is 0 Å². The second-order valence-corrected chi connectivity index (χ2v) is 9.34. The molecular weight excluding hydrogens is 356 g/mol. The molecular formula is C26H24OSi. The molecule has 4 aromatic carbocycles. The van der Waals surface area contributed by atoms with E-state index in [0.717, 1.165) is 0 Å². The maximum atomic E-state index is 6.72. The van der Waals surface area contributed by atoms with Gasteiger partial charge in [-0.1, -0.05) is 121 Å². The highest BCUT2D eigenvalue weighted by Crippen LogP contribution is 2.25. The molecule has 2 heteroatoms. The van der Waals surface area contributed by atoms with Crippen LogP contribution in [0.15, 0.2) is 121 Å². The number of hydrogen-bond acceptors (Lipinski definition) is 1. The van der Waals surface area contributed by atoms with E-state index in [1.165, 1.54) is 21.5 Å². The highest BCUT2D eigenvalue weighted by Gasteiger charge is 2.21. The minimum atomic E-state index is -1.75. The number of hydrogen-bond donors (Lipinski definition) is 0. The Bertz CT molecular complexity index is 794. The first-order valence-corrected chi connectivity index (χ1v) is 11.4. The molecule has 28 heavy (non-hydrogen) atoms. The summed E-state index contributed by atoms with van der Waals surface area (Å²) in [5.74, 6) is 0.227. The second kappa shape index (κ2) is 9.31. The largest absolute Gasteiger partial charge is 0.410 e. The lowest BCUT2D eigenvalue weighted by Gasteiger charge is -2.23. The van der Waals surface area contributed by atoms with Gasteiger partial charge in [-0.3, -0.25) is 0 Å². The SMILES string of the molecule is c1ccc(C(CO[SiH](c2ccccc2)c2ccccc2)c2ccccc2)cc1. The Morgan fingerprint density at radius 1 is 0.500 bits per heavy atom. The van der Waals surface area contributed by atoms with Gasteiger partial charge in [0, 0.05) is 12.5 Å². The fourth-order valence-electron chi connectivity index (χ4n) is 3.59. The minimum absolute atomic E-state index is 0.227. The molecule has 0 fully saturated rings. The summed E-state index contributed by atoms with van der Waals surface area (Å²) in [6, 6.07) is 42.7. The predicted octanol–water partition coefficient (Wildman–Crippen LogP) is 4.37. The fraction of sp³-hybridized carbons (Fsp3) is 0.0769. The van der Waals surface area contributed by atoms with Crippen LogP contribution in [0.4, 0.5) is 0 Å². The van der Waals surface area contributed by atoms with Gasteiger partial charge >= 0.3 is 0 Å². The molecule has 0 aliphatic rings. The lowest BCUT2D eigenvalue weighted by molar-refractivity contribution is 0.317. The maximum Gasteiger partial charge on any atom is 0.239 e. The number of benzene rings is 4. The zero-order valence-electron chi connectivity index (χ0n) is 15.8. The predicted molar refractivity (Wildman–Crippen MR) is 120 cm³/mol. The summed E-state index contributed by atoms with van der Waals surface area (Å²) in [5.41, 5.74) is 2.59. The molecule has 0 aromatic heterocycles. The van der Waals surface area contributed by atoms with Crippen LogP contribution in [0.2, 0.25) is 0 Å². The molecule has 0 saturated carbocycles. The molecule has 0 N–H and O–H groups in total. The first-order chi connectivity index (χ1) is 13.9. The van der Waals surface area contributed by atoms with Crippen LogP contribution >= 0.6 is 0 Å². The summed E-state index contributed by atoms with van der Waals surface area (Å²) in [6.07, 6.45) is 0. The second-order valence-electron chi connectivity index (χ2n) is 6.91. The summed E-state index contributed by atoms with van der Waals surface area (Å²) in [5, 5.41) is 2.63. The molecule has 0 spiro atoms. The van der Waals surface area contributed by atoms with E-state index in [9.17, 15) is 0 Å². The third kappa shape index (κ3) is 4.48. The van der Waals surface area contributed by atoms with Crippen molar-refractivity contribution in [2.24, 2.45) is 0 Å². The van der Waals surface area contributed by atoms with Gasteiger partial charge in [-0.15, -0.1) is 0 Å². The highest BCUT2D eigenvalue weighted by atomic mass is 28.3. The van der Waals surface area contributed by atoms with Gasteiger partial charge in [0.15, 0.2) is 0 Å². The van der Waals surface area contributed by atoms with Crippen molar-refractivity contribution in [2.75, 3.05) is 6.61 Å². The zero-order chi connectivity index (χ0) is 19.0. The van der Waals surface area contributed by atoms with Crippen LogP contribution in [0.25, 0.3) is 0 Å². The van der Waals surface area contributed by atoms with Crippen molar-refractivity contribution in [1.29, 1.82) is 0 Å². The Labute approximate surface area is 169 Å². The van der Waals surface area contributed by atoms with Crippen LogP contribution < -0.4 is 10.4 Å².